The van der Waals surface area contributed by atoms with Crippen molar-refractivity contribution >= 4 is 22.8 Å². The first-order chi connectivity index (χ1) is 15.3. The van der Waals surface area contributed by atoms with Crippen LogP contribution in [0.5, 0.6) is 0 Å². The summed E-state index contributed by atoms with van der Waals surface area (Å²) in [6.45, 7) is 3.17. The summed E-state index contributed by atoms with van der Waals surface area (Å²) in [6.07, 6.45) is -2.71. The lowest BCUT2D eigenvalue weighted by Gasteiger charge is -2.33. The standard InChI is InChI=1S/C24H25F3N4O/c1-2-16-7-9-17(10-8-16)15-28-23(32)18-11-13-31(14-12-18)22-21(24(25,26)27)29-19-5-3-4-6-20(19)30-22/h3-10,18H,2,11-15H2,1H3,(H,28,32). The number of hydrogen-bond donors (Lipinski definition) is 1. The Morgan fingerprint density at radius 2 is 1.59 bits per heavy atom. The average Bonchev–Trinajstić information content (AvgIpc) is 2.81. The molecular formula is C24H25F3N4O. The van der Waals surface area contributed by atoms with Crippen LogP contribution in [0.3, 0.4) is 0 Å². The topological polar surface area (TPSA) is 58.1 Å². The molecule has 5 nitrogen and oxygen atoms in total. The third-order valence-corrected chi connectivity index (χ3v) is 5.88. The molecule has 0 aliphatic carbocycles. The molecule has 1 aliphatic rings. The Hall–Kier alpha value is -3.16. The fraction of sp³-hybridized carbons (Fsp3) is 0.375. The van der Waals surface area contributed by atoms with Crippen LogP contribution in [0.4, 0.5) is 19.0 Å². The second-order valence-corrected chi connectivity index (χ2v) is 8.03. The van der Waals surface area contributed by atoms with E-state index in [4.69, 9.17) is 0 Å². The van der Waals surface area contributed by atoms with E-state index >= 15 is 0 Å². The number of amides is 1. The number of para-hydroxylation sites is 2. The molecule has 8 heteroatoms. The van der Waals surface area contributed by atoms with Crippen LogP contribution in [0.2, 0.25) is 0 Å². The minimum absolute atomic E-state index is 0.0649. The van der Waals surface area contributed by atoms with E-state index in [0.29, 0.717) is 38.0 Å². The van der Waals surface area contributed by atoms with Crippen LogP contribution in [0.15, 0.2) is 48.5 Å². The molecule has 4 rings (SSSR count). The highest BCUT2D eigenvalue weighted by atomic mass is 19.4. The largest absolute Gasteiger partial charge is 0.437 e. The number of carbonyl (C=O) groups excluding carboxylic acids is 1. The number of aryl methyl sites for hydroxylation is 1. The van der Waals surface area contributed by atoms with Gasteiger partial charge in [-0.05, 0) is 42.5 Å². The lowest BCUT2D eigenvalue weighted by atomic mass is 9.95. The third kappa shape index (κ3) is 4.84. The number of rotatable bonds is 5. The maximum absolute atomic E-state index is 13.7. The molecule has 2 heterocycles. The van der Waals surface area contributed by atoms with Gasteiger partial charge < -0.3 is 10.2 Å². The van der Waals surface area contributed by atoms with Crippen LogP contribution in [-0.4, -0.2) is 29.0 Å². The van der Waals surface area contributed by atoms with Gasteiger partial charge in [0, 0.05) is 25.6 Å². The van der Waals surface area contributed by atoms with Gasteiger partial charge in [-0.25, -0.2) is 9.97 Å². The fourth-order valence-corrected chi connectivity index (χ4v) is 3.98. The van der Waals surface area contributed by atoms with Crippen LogP contribution in [0.25, 0.3) is 11.0 Å². The van der Waals surface area contributed by atoms with Gasteiger partial charge in [-0.1, -0.05) is 43.3 Å². The number of alkyl halides is 3. The maximum Gasteiger partial charge on any atom is 0.437 e. The van der Waals surface area contributed by atoms with Crippen molar-refractivity contribution in [1.82, 2.24) is 15.3 Å². The van der Waals surface area contributed by atoms with Gasteiger partial charge in [0.1, 0.15) is 0 Å². The number of nitrogens with one attached hydrogen (secondary N) is 1. The van der Waals surface area contributed by atoms with E-state index in [0.717, 1.165) is 12.0 Å². The second kappa shape index (κ2) is 9.14. The third-order valence-electron chi connectivity index (χ3n) is 5.88. The summed E-state index contributed by atoms with van der Waals surface area (Å²) in [5.74, 6) is -0.458. The van der Waals surface area contributed by atoms with Crippen molar-refractivity contribution in [3.05, 3.63) is 65.4 Å². The van der Waals surface area contributed by atoms with Crippen LogP contribution in [0, 0.1) is 5.92 Å². The molecule has 168 valence electrons. The Labute approximate surface area is 184 Å². The molecule has 0 radical (unpaired) electrons. The summed E-state index contributed by atoms with van der Waals surface area (Å²) in [6, 6.07) is 14.6. The zero-order valence-electron chi connectivity index (χ0n) is 17.8. The quantitative estimate of drug-likeness (QED) is 0.620. The van der Waals surface area contributed by atoms with Crippen molar-refractivity contribution in [3.63, 3.8) is 0 Å². The van der Waals surface area contributed by atoms with Crippen LogP contribution in [0.1, 0.15) is 36.6 Å². The molecule has 1 fully saturated rings. The molecule has 1 amide bonds. The normalized spacial score (nSPS) is 15.2. The Kier molecular flexibility index (Phi) is 6.30. The van der Waals surface area contributed by atoms with E-state index < -0.39 is 11.9 Å². The van der Waals surface area contributed by atoms with Crippen molar-refractivity contribution < 1.29 is 18.0 Å². The first-order valence-electron chi connectivity index (χ1n) is 10.8. The predicted octanol–water partition coefficient (Wildman–Crippen LogP) is 4.74. The van der Waals surface area contributed by atoms with Gasteiger partial charge in [-0.2, -0.15) is 13.2 Å². The maximum atomic E-state index is 13.7. The fourth-order valence-electron chi connectivity index (χ4n) is 3.98. The smallest absolute Gasteiger partial charge is 0.355 e. The van der Waals surface area contributed by atoms with E-state index in [1.165, 1.54) is 11.6 Å². The average molecular weight is 442 g/mol. The number of anilines is 1. The van der Waals surface area contributed by atoms with Crippen molar-refractivity contribution in [2.45, 2.75) is 38.9 Å². The minimum Gasteiger partial charge on any atom is -0.355 e. The Morgan fingerprint density at radius 3 is 2.19 bits per heavy atom. The molecule has 0 bridgehead atoms. The van der Waals surface area contributed by atoms with Crippen LogP contribution < -0.4 is 10.2 Å². The van der Waals surface area contributed by atoms with Gasteiger partial charge in [0.2, 0.25) is 5.91 Å². The molecule has 3 aromatic rings. The van der Waals surface area contributed by atoms with Gasteiger partial charge in [0.15, 0.2) is 11.5 Å². The van der Waals surface area contributed by atoms with Crippen molar-refractivity contribution in [2.24, 2.45) is 5.92 Å². The Morgan fingerprint density at radius 1 is 1.00 bits per heavy atom. The molecule has 0 atom stereocenters. The van der Waals surface area contributed by atoms with Gasteiger partial charge in [-0.3, -0.25) is 4.79 Å². The first kappa shape index (κ1) is 22.0. The summed E-state index contributed by atoms with van der Waals surface area (Å²) in [4.78, 5) is 22.3. The number of piperidine rings is 1. The molecule has 0 spiro atoms. The molecule has 0 unspecified atom stereocenters. The van der Waals surface area contributed by atoms with E-state index in [9.17, 15) is 18.0 Å². The molecule has 2 aromatic carbocycles. The monoisotopic (exact) mass is 442 g/mol. The van der Waals surface area contributed by atoms with E-state index in [1.54, 1.807) is 23.1 Å². The highest BCUT2D eigenvalue weighted by Gasteiger charge is 2.39. The van der Waals surface area contributed by atoms with Crippen molar-refractivity contribution in [2.75, 3.05) is 18.0 Å². The number of carbonyl (C=O) groups is 1. The number of nitrogens with zero attached hydrogens (tertiary/aromatic N) is 3. The number of hydrogen-bond acceptors (Lipinski definition) is 4. The van der Waals surface area contributed by atoms with Crippen LogP contribution >= 0.6 is 0 Å². The molecule has 1 aromatic heterocycles. The summed E-state index contributed by atoms with van der Waals surface area (Å²) in [7, 11) is 0. The lowest BCUT2D eigenvalue weighted by Crippen LogP contribution is -2.41. The number of fused-ring (bicyclic) bond motifs is 1. The Bertz CT molecular complexity index is 1090. The number of aromatic nitrogens is 2. The molecular weight excluding hydrogens is 417 g/mol. The molecule has 1 aliphatic heterocycles. The summed E-state index contributed by atoms with van der Waals surface area (Å²) >= 11 is 0. The van der Waals surface area contributed by atoms with E-state index in [1.807, 2.05) is 24.3 Å². The van der Waals surface area contributed by atoms with Gasteiger partial charge in [0.05, 0.1) is 11.0 Å². The highest BCUT2D eigenvalue weighted by molar-refractivity contribution is 5.79. The lowest BCUT2D eigenvalue weighted by molar-refractivity contribution is -0.140. The van der Waals surface area contributed by atoms with Gasteiger partial charge in [-0.15, -0.1) is 0 Å². The zero-order valence-corrected chi connectivity index (χ0v) is 17.8. The van der Waals surface area contributed by atoms with E-state index in [2.05, 4.69) is 22.2 Å². The molecule has 32 heavy (non-hydrogen) atoms. The first-order valence-corrected chi connectivity index (χ1v) is 10.8. The minimum atomic E-state index is -4.60. The number of benzene rings is 2. The van der Waals surface area contributed by atoms with Crippen molar-refractivity contribution in [3.8, 4) is 0 Å². The summed E-state index contributed by atoms with van der Waals surface area (Å²) < 4.78 is 41.0. The van der Waals surface area contributed by atoms with Crippen LogP contribution in [-0.2, 0) is 23.9 Å². The molecule has 0 saturated carbocycles. The Balaban J connectivity index is 1.41. The SMILES string of the molecule is CCc1ccc(CNC(=O)C2CCN(c3nc4ccccc4nc3C(F)(F)F)CC2)cc1. The molecule has 1 saturated heterocycles. The van der Waals surface area contributed by atoms with Crippen molar-refractivity contribution in [1.29, 1.82) is 0 Å². The van der Waals surface area contributed by atoms with Gasteiger partial charge >= 0.3 is 6.18 Å². The van der Waals surface area contributed by atoms with Gasteiger partial charge in [0.25, 0.3) is 0 Å². The molecule has 1 N–H and O–H groups in total. The summed E-state index contributed by atoms with van der Waals surface area (Å²) in [5.41, 5.74) is 1.92. The predicted molar refractivity (Wildman–Crippen MR) is 117 cm³/mol. The number of halogens is 3. The highest BCUT2D eigenvalue weighted by Crippen LogP contribution is 2.36. The van der Waals surface area contributed by atoms with E-state index in [-0.39, 0.29) is 23.2 Å². The second-order valence-electron chi connectivity index (χ2n) is 8.03. The summed E-state index contributed by atoms with van der Waals surface area (Å²) in [5, 5.41) is 2.96. The zero-order chi connectivity index (χ0) is 22.7.